The van der Waals surface area contributed by atoms with Crippen molar-refractivity contribution in [3.05, 3.63) is 34.1 Å². The van der Waals surface area contributed by atoms with E-state index < -0.39 is 26.4 Å². The van der Waals surface area contributed by atoms with Crippen LogP contribution in [0.2, 0.25) is 0 Å². The van der Waals surface area contributed by atoms with E-state index in [1.807, 2.05) is 0 Å². The standard InChI is InChI=1S/C14H18BrFN2O3S/c1-14(10-7-9(15)4-5-11(10)16)12(3-2-6-19)22(20,21)8-13(17)18-14/h4-5,7,12,19H,2-3,6,8H2,1H3,(H2,17,18)/t12-,14+/m0/s1. The van der Waals surface area contributed by atoms with Gasteiger partial charge in [0.15, 0.2) is 9.84 Å². The summed E-state index contributed by atoms with van der Waals surface area (Å²) in [6.07, 6.45) is 0.489. The smallest absolute Gasteiger partial charge is 0.163 e. The molecule has 1 aliphatic rings. The van der Waals surface area contributed by atoms with Crippen LogP contribution in [0.5, 0.6) is 0 Å². The van der Waals surface area contributed by atoms with Crippen molar-refractivity contribution in [2.45, 2.75) is 30.6 Å². The van der Waals surface area contributed by atoms with Crippen LogP contribution in [0.25, 0.3) is 0 Å². The quantitative estimate of drug-likeness (QED) is 0.815. The number of hydrogen-bond donors (Lipinski definition) is 2. The van der Waals surface area contributed by atoms with Crippen molar-refractivity contribution < 1.29 is 17.9 Å². The Hall–Kier alpha value is -0.990. The lowest BCUT2D eigenvalue weighted by molar-refractivity contribution is 0.274. The Morgan fingerprint density at radius 1 is 1.55 bits per heavy atom. The second-order valence-electron chi connectivity index (χ2n) is 5.54. The van der Waals surface area contributed by atoms with Gasteiger partial charge < -0.3 is 10.8 Å². The molecule has 22 heavy (non-hydrogen) atoms. The van der Waals surface area contributed by atoms with Gasteiger partial charge in [-0.1, -0.05) is 15.9 Å². The van der Waals surface area contributed by atoms with Gasteiger partial charge in [0.05, 0.1) is 5.25 Å². The zero-order chi connectivity index (χ0) is 16.5. The lowest BCUT2D eigenvalue weighted by Gasteiger charge is -2.38. The third kappa shape index (κ3) is 3.18. The van der Waals surface area contributed by atoms with E-state index in [0.29, 0.717) is 10.9 Å². The Balaban J connectivity index is 2.64. The molecule has 0 saturated carbocycles. The summed E-state index contributed by atoms with van der Waals surface area (Å²) in [5.41, 5.74) is 4.55. The Labute approximate surface area is 137 Å². The Morgan fingerprint density at radius 2 is 2.23 bits per heavy atom. The number of hydrogen-bond acceptors (Lipinski definition) is 5. The zero-order valence-corrected chi connectivity index (χ0v) is 14.5. The molecule has 0 fully saturated rings. The number of rotatable bonds is 4. The normalized spacial score (nSPS) is 27.5. The van der Waals surface area contributed by atoms with Crippen LogP contribution in [-0.2, 0) is 15.4 Å². The van der Waals surface area contributed by atoms with Crippen molar-refractivity contribution >= 4 is 31.6 Å². The van der Waals surface area contributed by atoms with Gasteiger partial charge in [-0.25, -0.2) is 12.8 Å². The Bertz CT molecular complexity index is 708. The van der Waals surface area contributed by atoms with Crippen molar-refractivity contribution in [3.8, 4) is 0 Å². The molecular weight excluding hydrogens is 375 g/mol. The SMILES string of the molecule is C[C@]1(c2cc(Br)ccc2F)N=C(N)CS(=O)(=O)[C@H]1CCCO. The number of nitrogens with zero attached hydrogens (tertiary/aromatic N) is 1. The highest BCUT2D eigenvalue weighted by molar-refractivity contribution is 9.10. The molecule has 1 aromatic rings. The largest absolute Gasteiger partial charge is 0.396 e. The summed E-state index contributed by atoms with van der Waals surface area (Å²) in [6, 6.07) is 4.33. The first-order valence-electron chi connectivity index (χ1n) is 6.83. The summed E-state index contributed by atoms with van der Waals surface area (Å²) >= 11 is 3.27. The molecule has 2 rings (SSSR count). The predicted octanol–water partition coefficient (Wildman–Crippen LogP) is 1.73. The van der Waals surface area contributed by atoms with Crippen molar-refractivity contribution in [1.82, 2.24) is 0 Å². The fourth-order valence-corrected chi connectivity index (χ4v) is 5.36. The fraction of sp³-hybridized carbons (Fsp3) is 0.500. The van der Waals surface area contributed by atoms with Crippen LogP contribution in [0, 0.1) is 5.82 Å². The van der Waals surface area contributed by atoms with E-state index in [4.69, 9.17) is 10.8 Å². The second kappa shape index (κ2) is 6.25. The summed E-state index contributed by atoms with van der Waals surface area (Å²) in [4.78, 5) is 4.29. The van der Waals surface area contributed by atoms with Crippen LogP contribution in [-0.4, -0.2) is 37.0 Å². The summed E-state index contributed by atoms with van der Waals surface area (Å²) < 4.78 is 39.9. The monoisotopic (exact) mass is 392 g/mol. The van der Waals surface area contributed by atoms with Crippen molar-refractivity contribution in [3.63, 3.8) is 0 Å². The number of nitrogens with two attached hydrogens (primary N) is 1. The summed E-state index contributed by atoms with van der Waals surface area (Å²) in [5.74, 6) is -0.899. The third-order valence-corrected chi connectivity index (χ3v) is 6.64. The maximum absolute atomic E-state index is 14.3. The molecule has 122 valence electrons. The number of aliphatic hydroxyl groups excluding tert-OH is 1. The molecule has 3 N–H and O–H groups in total. The number of aliphatic hydroxyl groups is 1. The first-order chi connectivity index (χ1) is 10.2. The van der Waals surface area contributed by atoms with Crippen LogP contribution in [0.4, 0.5) is 4.39 Å². The number of sulfone groups is 1. The van der Waals surface area contributed by atoms with Crippen LogP contribution in [0.3, 0.4) is 0 Å². The Morgan fingerprint density at radius 3 is 2.86 bits per heavy atom. The van der Waals surface area contributed by atoms with Crippen molar-refractivity contribution in [1.29, 1.82) is 0 Å². The first-order valence-corrected chi connectivity index (χ1v) is 9.33. The highest BCUT2D eigenvalue weighted by Gasteiger charge is 2.48. The van der Waals surface area contributed by atoms with E-state index in [1.54, 1.807) is 6.92 Å². The van der Waals surface area contributed by atoms with Gasteiger partial charge >= 0.3 is 0 Å². The highest BCUT2D eigenvalue weighted by atomic mass is 79.9. The van der Waals surface area contributed by atoms with Gasteiger partial charge in [0.1, 0.15) is 22.9 Å². The minimum atomic E-state index is -3.58. The maximum atomic E-state index is 14.3. The van der Waals surface area contributed by atoms with Gasteiger partial charge in [-0.2, -0.15) is 0 Å². The minimum absolute atomic E-state index is 0.0258. The van der Waals surface area contributed by atoms with Crippen LogP contribution in [0.15, 0.2) is 27.7 Å². The van der Waals surface area contributed by atoms with Crippen LogP contribution >= 0.6 is 15.9 Å². The lowest BCUT2D eigenvalue weighted by Crippen LogP contribution is -2.50. The third-order valence-electron chi connectivity index (χ3n) is 3.88. The number of halogens is 2. The molecule has 0 amide bonds. The second-order valence-corrected chi connectivity index (χ2v) is 8.64. The summed E-state index contributed by atoms with van der Waals surface area (Å²) in [6.45, 7) is 1.44. The lowest BCUT2D eigenvalue weighted by atomic mass is 9.86. The number of amidine groups is 1. The molecule has 8 heteroatoms. The summed E-state index contributed by atoms with van der Waals surface area (Å²) in [7, 11) is -3.58. The molecule has 1 aromatic carbocycles. The van der Waals surface area contributed by atoms with Gasteiger partial charge in [-0.05, 0) is 38.0 Å². The Kier molecular flexibility index (Phi) is 4.93. The molecular formula is C14H18BrFN2O3S. The molecule has 2 atom stereocenters. The van der Waals surface area contributed by atoms with E-state index in [0.717, 1.165) is 0 Å². The predicted molar refractivity (Wildman–Crippen MR) is 87.0 cm³/mol. The average Bonchev–Trinajstić information content (AvgIpc) is 2.39. The average molecular weight is 393 g/mol. The van der Waals surface area contributed by atoms with Gasteiger partial charge in [-0.15, -0.1) is 0 Å². The molecule has 0 bridgehead atoms. The van der Waals surface area contributed by atoms with Crippen molar-refractivity contribution in [2.75, 3.05) is 12.4 Å². The van der Waals surface area contributed by atoms with E-state index in [2.05, 4.69) is 20.9 Å². The minimum Gasteiger partial charge on any atom is -0.396 e. The highest BCUT2D eigenvalue weighted by Crippen LogP contribution is 2.40. The van der Waals surface area contributed by atoms with Crippen LogP contribution < -0.4 is 5.73 Å². The molecule has 0 spiro atoms. The first kappa shape index (κ1) is 17.4. The molecule has 5 nitrogen and oxygen atoms in total. The van der Waals surface area contributed by atoms with E-state index >= 15 is 0 Å². The van der Waals surface area contributed by atoms with Gasteiger partial charge in [-0.3, -0.25) is 4.99 Å². The number of aliphatic imine (C=N–C) groups is 1. The van der Waals surface area contributed by atoms with Crippen molar-refractivity contribution in [2.24, 2.45) is 10.7 Å². The molecule has 0 radical (unpaired) electrons. The zero-order valence-electron chi connectivity index (χ0n) is 12.1. The van der Waals surface area contributed by atoms with E-state index in [9.17, 15) is 12.8 Å². The van der Waals surface area contributed by atoms with Gasteiger partial charge in [0, 0.05) is 16.6 Å². The molecule has 0 aliphatic carbocycles. The molecule has 1 aliphatic heterocycles. The van der Waals surface area contributed by atoms with E-state index in [1.165, 1.54) is 18.2 Å². The fourth-order valence-electron chi connectivity index (χ4n) is 2.92. The molecule has 0 aromatic heterocycles. The topological polar surface area (TPSA) is 92.8 Å². The number of benzene rings is 1. The summed E-state index contributed by atoms with van der Waals surface area (Å²) in [5, 5.41) is 8.09. The van der Waals surface area contributed by atoms with Gasteiger partial charge in [0.25, 0.3) is 0 Å². The molecule has 0 unspecified atom stereocenters. The molecule has 1 heterocycles. The maximum Gasteiger partial charge on any atom is 0.163 e. The van der Waals surface area contributed by atoms with Gasteiger partial charge in [0.2, 0.25) is 0 Å². The van der Waals surface area contributed by atoms with E-state index in [-0.39, 0.29) is 30.2 Å². The van der Waals surface area contributed by atoms with Crippen LogP contribution in [0.1, 0.15) is 25.3 Å². The molecule has 0 saturated heterocycles.